The van der Waals surface area contributed by atoms with Gasteiger partial charge in [0.1, 0.15) is 5.76 Å². The van der Waals surface area contributed by atoms with Crippen LogP contribution in [0.4, 0.5) is 10.8 Å². The van der Waals surface area contributed by atoms with Gasteiger partial charge in [0.25, 0.3) is 0 Å². The second-order valence-electron chi connectivity index (χ2n) is 4.96. The number of thioether (sulfide) groups is 1. The molecule has 9 heteroatoms. The van der Waals surface area contributed by atoms with Gasteiger partial charge >= 0.3 is 0 Å². The highest BCUT2D eigenvalue weighted by Gasteiger charge is 2.08. The first-order chi connectivity index (χ1) is 12.2. The van der Waals surface area contributed by atoms with Crippen LogP contribution >= 0.6 is 34.7 Å². The van der Waals surface area contributed by atoms with E-state index in [-0.39, 0.29) is 5.91 Å². The van der Waals surface area contributed by atoms with Crippen molar-refractivity contribution in [1.82, 2.24) is 10.2 Å². The lowest BCUT2D eigenvalue weighted by Gasteiger charge is -2.04. The molecule has 0 saturated carbocycles. The molecule has 3 rings (SSSR count). The van der Waals surface area contributed by atoms with Gasteiger partial charge in [-0.15, -0.1) is 10.2 Å². The Morgan fingerprint density at radius 2 is 2.20 bits per heavy atom. The average Bonchev–Trinajstić information content (AvgIpc) is 3.24. The SMILES string of the molecule is O=C(CCSc1nnc(NCc2ccco2)s1)Nc1cccc(Cl)c1. The maximum absolute atomic E-state index is 11.9. The third-order valence-electron chi connectivity index (χ3n) is 3.06. The van der Waals surface area contributed by atoms with Crippen molar-refractivity contribution >= 4 is 51.4 Å². The lowest BCUT2D eigenvalue weighted by atomic mass is 10.3. The van der Waals surface area contributed by atoms with E-state index < -0.39 is 0 Å². The van der Waals surface area contributed by atoms with Crippen LogP contribution in [0.1, 0.15) is 12.2 Å². The molecule has 0 spiro atoms. The molecule has 1 aromatic carbocycles. The van der Waals surface area contributed by atoms with E-state index >= 15 is 0 Å². The highest BCUT2D eigenvalue weighted by molar-refractivity contribution is 8.01. The fraction of sp³-hybridized carbons (Fsp3) is 0.188. The topological polar surface area (TPSA) is 80.1 Å². The summed E-state index contributed by atoms with van der Waals surface area (Å²) in [6.45, 7) is 0.564. The third kappa shape index (κ3) is 5.77. The molecule has 0 bridgehead atoms. The zero-order valence-corrected chi connectivity index (χ0v) is 15.5. The Hall–Kier alpha value is -2.03. The Morgan fingerprint density at radius 1 is 1.28 bits per heavy atom. The normalized spacial score (nSPS) is 10.6. The van der Waals surface area contributed by atoms with Gasteiger partial charge in [-0.1, -0.05) is 40.8 Å². The Bertz CT molecular complexity index is 823. The molecule has 2 aromatic heterocycles. The molecule has 0 atom stereocenters. The van der Waals surface area contributed by atoms with E-state index in [0.717, 1.165) is 15.2 Å². The van der Waals surface area contributed by atoms with Crippen LogP contribution in [0.3, 0.4) is 0 Å². The number of benzene rings is 1. The fourth-order valence-electron chi connectivity index (χ4n) is 1.94. The van der Waals surface area contributed by atoms with Crippen molar-refractivity contribution in [2.75, 3.05) is 16.4 Å². The summed E-state index contributed by atoms with van der Waals surface area (Å²) in [6.07, 6.45) is 2.01. The summed E-state index contributed by atoms with van der Waals surface area (Å²) in [4.78, 5) is 11.9. The highest BCUT2D eigenvalue weighted by Crippen LogP contribution is 2.26. The number of anilines is 2. The van der Waals surface area contributed by atoms with Gasteiger partial charge in [-0.25, -0.2) is 0 Å². The second kappa shape index (κ2) is 8.89. The van der Waals surface area contributed by atoms with Crippen LogP contribution in [0.15, 0.2) is 51.4 Å². The number of amides is 1. The Kier molecular flexibility index (Phi) is 6.32. The summed E-state index contributed by atoms with van der Waals surface area (Å²) in [5.41, 5.74) is 0.697. The van der Waals surface area contributed by atoms with Crippen molar-refractivity contribution in [3.05, 3.63) is 53.4 Å². The molecular formula is C16H15ClN4O2S2. The van der Waals surface area contributed by atoms with Crippen LogP contribution in [0.5, 0.6) is 0 Å². The van der Waals surface area contributed by atoms with Gasteiger partial charge in [0.15, 0.2) is 4.34 Å². The van der Waals surface area contributed by atoms with E-state index in [9.17, 15) is 4.79 Å². The number of rotatable bonds is 8. The first-order valence-electron chi connectivity index (χ1n) is 7.47. The molecule has 0 fully saturated rings. The molecule has 130 valence electrons. The molecule has 3 aromatic rings. The quantitative estimate of drug-likeness (QED) is 0.547. The zero-order valence-electron chi connectivity index (χ0n) is 13.1. The van der Waals surface area contributed by atoms with Crippen molar-refractivity contribution in [3.8, 4) is 0 Å². The van der Waals surface area contributed by atoms with Crippen molar-refractivity contribution in [1.29, 1.82) is 0 Å². The lowest BCUT2D eigenvalue weighted by molar-refractivity contribution is -0.115. The van der Waals surface area contributed by atoms with Crippen molar-refractivity contribution < 1.29 is 9.21 Å². The maximum Gasteiger partial charge on any atom is 0.225 e. The largest absolute Gasteiger partial charge is 0.467 e. The van der Waals surface area contributed by atoms with Gasteiger partial charge in [-0.2, -0.15) is 0 Å². The predicted octanol–water partition coefficient (Wildman–Crippen LogP) is 4.52. The lowest BCUT2D eigenvalue weighted by Crippen LogP contribution is -2.11. The first kappa shape index (κ1) is 17.8. The van der Waals surface area contributed by atoms with Crippen LogP contribution in [-0.2, 0) is 11.3 Å². The number of carbonyl (C=O) groups is 1. The van der Waals surface area contributed by atoms with Crippen LogP contribution in [0, 0.1) is 0 Å². The molecule has 0 aliphatic carbocycles. The van der Waals surface area contributed by atoms with E-state index in [0.29, 0.717) is 29.4 Å². The molecule has 0 aliphatic rings. The van der Waals surface area contributed by atoms with Gasteiger partial charge in [0.05, 0.1) is 12.8 Å². The van der Waals surface area contributed by atoms with E-state index in [1.165, 1.54) is 23.1 Å². The second-order valence-corrected chi connectivity index (χ2v) is 7.72. The van der Waals surface area contributed by atoms with Gasteiger partial charge in [0, 0.05) is 22.9 Å². The number of halogens is 1. The van der Waals surface area contributed by atoms with Gasteiger partial charge in [0.2, 0.25) is 11.0 Å². The van der Waals surface area contributed by atoms with E-state index in [1.807, 2.05) is 12.1 Å². The molecule has 0 radical (unpaired) electrons. The Morgan fingerprint density at radius 3 is 3.00 bits per heavy atom. The minimum Gasteiger partial charge on any atom is -0.467 e. The van der Waals surface area contributed by atoms with E-state index in [1.54, 1.807) is 30.5 Å². The molecule has 0 saturated heterocycles. The van der Waals surface area contributed by atoms with Gasteiger partial charge in [-0.05, 0) is 30.3 Å². The first-order valence-corrected chi connectivity index (χ1v) is 9.65. The van der Waals surface area contributed by atoms with Crippen LogP contribution in [-0.4, -0.2) is 21.9 Å². The summed E-state index contributed by atoms with van der Waals surface area (Å²) in [5.74, 6) is 1.40. The summed E-state index contributed by atoms with van der Waals surface area (Å²) < 4.78 is 6.06. The zero-order chi connectivity index (χ0) is 17.5. The summed E-state index contributed by atoms with van der Waals surface area (Å²) in [5, 5.41) is 15.5. The minimum absolute atomic E-state index is 0.0598. The average molecular weight is 395 g/mol. The maximum atomic E-state index is 11.9. The molecule has 1 amide bonds. The monoisotopic (exact) mass is 394 g/mol. The molecule has 0 aliphatic heterocycles. The van der Waals surface area contributed by atoms with Gasteiger partial charge in [-0.3, -0.25) is 4.79 Å². The van der Waals surface area contributed by atoms with E-state index in [2.05, 4.69) is 20.8 Å². The smallest absolute Gasteiger partial charge is 0.225 e. The minimum atomic E-state index is -0.0598. The number of furan rings is 1. The molecule has 0 unspecified atom stereocenters. The number of nitrogens with one attached hydrogen (secondary N) is 2. The fourth-order valence-corrected chi connectivity index (χ4v) is 3.88. The number of hydrogen-bond acceptors (Lipinski definition) is 7. The number of hydrogen-bond donors (Lipinski definition) is 2. The standard InChI is InChI=1S/C16H15ClN4O2S2/c17-11-3-1-4-12(9-11)19-14(22)6-8-24-16-21-20-15(25-16)18-10-13-5-2-7-23-13/h1-5,7,9H,6,8,10H2,(H,18,20)(H,19,22). The Labute approximate surface area is 158 Å². The molecule has 2 N–H and O–H groups in total. The molecule has 6 nitrogen and oxygen atoms in total. The van der Waals surface area contributed by atoms with Crippen molar-refractivity contribution in [2.45, 2.75) is 17.3 Å². The number of aromatic nitrogens is 2. The summed E-state index contributed by atoms with van der Waals surface area (Å²) >= 11 is 8.84. The number of nitrogens with zero attached hydrogens (tertiary/aromatic N) is 2. The van der Waals surface area contributed by atoms with Crippen LogP contribution in [0.25, 0.3) is 0 Å². The highest BCUT2D eigenvalue weighted by atomic mass is 35.5. The van der Waals surface area contributed by atoms with Crippen LogP contribution < -0.4 is 10.6 Å². The molecular weight excluding hydrogens is 380 g/mol. The summed E-state index contributed by atoms with van der Waals surface area (Å²) in [6, 6.07) is 10.8. The van der Waals surface area contributed by atoms with Gasteiger partial charge < -0.3 is 15.1 Å². The van der Waals surface area contributed by atoms with Crippen molar-refractivity contribution in [2.24, 2.45) is 0 Å². The Balaban J connectivity index is 1.39. The van der Waals surface area contributed by atoms with E-state index in [4.69, 9.17) is 16.0 Å². The summed E-state index contributed by atoms with van der Waals surface area (Å²) in [7, 11) is 0. The number of carbonyl (C=O) groups excluding carboxylic acids is 1. The third-order valence-corrected chi connectivity index (χ3v) is 5.31. The molecule has 2 heterocycles. The predicted molar refractivity (Wildman–Crippen MR) is 101 cm³/mol. The van der Waals surface area contributed by atoms with Crippen molar-refractivity contribution in [3.63, 3.8) is 0 Å². The molecule has 25 heavy (non-hydrogen) atoms. The van der Waals surface area contributed by atoms with Crippen LogP contribution in [0.2, 0.25) is 5.02 Å².